The van der Waals surface area contributed by atoms with Crippen LogP contribution in [0.1, 0.15) is 19.4 Å². The number of urea groups is 1. The second kappa shape index (κ2) is 4.35. The number of hydrogen-bond donors (Lipinski definition) is 1. The molecule has 4 nitrogen and oxygen atoms in total. The first-order valence-corrected chi connectivity index (χ1v) is 6.19. The van der Waals surface area contributed by atoms with Gasteiger partial charge in [0.15, 0.2) is 0 Å². The lowest BCUT2D eigenvalue weighted by Gasteiger charge is -2.16. The lowest BCUT2D eigenvalue weighted by molar-refractivity contribution is -0.130. The zero-order valence-corrected chi connectivity index (χ0v) is 11.5. The van der Waals surface area contributed by atoms with Crippen molar-refractivity contribution in [2.24, 2.45) is 0 Å². The van der Waals surface area contributed by atoms with Crippen molar-refractivity contribution < 1.29 is 14.0 Å². The minimum atomic E-state index is -0.906. The highest BCUT2D eigenvalue weighted by Crippen LogP contribution is 2.25. The Labute approximate surface area is 112 Å². The van der Waals surface area contributed by atoms with Gasteiger partial charge in [0, 0.05) is 0 Å². The number of imide groups is 1. The summed E-state index contributed by atoms with van der Waals surface area (Å²) in [5.41, 5.74) is -0.354. The molecule has 3 amide bonds. The highest BCUT2D eigenvalue weighted by molar-refractivity contribution is 9.10. The van der Waals surface area contributed by atoms with Crippen molar-refractivity contribution >= 4 is 27.9 Å². The first-order valence-electron chi connectivity index (χ1n) is 5.40. The van der Waals surface area contributed by atoms with Crippen LogP contribution in [-0.4, -0.2) is 22.4 Å². The summed E-state index contributed by atoms with van der Waals surface area (Å²) < 4.78 is 13.6. The van der Waals surface area contributed by atoms with E-state index in [0.29, 0.717) is 5.56 Å². The third kappa shape index (κ3) is 2.12. The Hall–Kier alpha value is -1.43. The van der Waals surface area contributed by atoms with Gasteiger partial charge in [-0.2, -0.15) is 0 Å². The lowest BCUT2D eigenvalue weighted by atomic mass is 10.1. The van der Waals surface area contributed by atoms with E-state index in [1.54, 1.807) is 26.0 Å². The molecule has 1 saturated heterocycles. The number of hydrogen-bond acceptors (Lipinski definition) is 2. The fourth-order valence-electron chi connectivity index (χ4n) is 1.80. The van der Waals surface area contributed by atoms with Gasteiger partial charge in [0.2, 0.25) is 0 Å². The van der Waals surface area contributed by atoms with E-state index in [4.69, 9.17) is 0 Å². The van der Waals surface area contributed by atoms with Crippen molar-refractivity contribution in [2.75, 3.05) is 0 Å². The van der Waals surface area contributed by atoms with Crippen LogP contribution in [-0.2, 0) is 11.3 Å². The fourth-order valence-corrected chi connectivity index (χ4v) is 2.19. The third-order valence-corrected chi connectivity index (χ3v) is 3.69. The summed E-state index contributed by atoms with van der Waals surface area (Å²) >= 11 is 3.11. The second-order valence-electron chi connectivity index (χ2n) is 4.66. The molecule has 1 aromatic rings. The Bertz CT molecular complexity index is 531. The number of nitrogens with zero attached hydrogens (tertiary/aromatic N) is 1. The SMILES string of the molecule is CC1(C)NC(=O)N(Cc2cccc(F)c2Br)C1=O. The number of benzene rings is 1. The summed E-state index contributed by atoms with van der Waals surface area (Å²) in [4.78, 5) is 24.7. The molecule has 18 heavy (non-hydrogen) atoms. The number of carbonyl (C=O) groups excluding carboxylic acids is 2. The van der Waals surface area contributed by atoms with Crippen LogP contribution in [0.2, 0.25) is 0 Å². The number of nitrogens with one attached hydrogen (secondary N) is 1. The normalized spacial score (nSPS) is 18.1. The fraction of sp³-hybridized carbons (Fsp3) is 0.333. The molecule has 1 heterocycles. The number of rotatable bonds is 2. The van der Waals surface area contributed by atoms with Gasteiger partial charge in [0.25, 0.3) is 5.91 Å². The maximum Gasteiger partial charge on any atom is 0.325 e. The Balaban J connectivity index is 2.27. The van der Waals surface area contributed by atoms with E-state index in [2.05, 4.69) is 21.2 Å². The van der Waals surface area contributed by atoms with Gasteiger partial charge in [0.05, 0.1) is 11.0 Å². The molecule has 0 aliphatic carbocycles. The van der Waals surface area contributed by atoms with Gasteiger partial charge in [-0.1, -0.05) is 12.1 Å². The van der Waals surface area contributed by atoms with Crippen LogP contribution in [0.5, 0.6) is 0 Å². The summed E-state index contributed by atoms with van der Waals surface area (Å²) in [6.07, 6.45) is 0. The highest BCUT2D eigenvalue weighted by Gasteiger charge is 2.44. The monoisotopic (exact) mass is 314 g/mol. The summed E-state index contributed by atoms with van der Waals surface area (Å²) in [5, 5.41) is 2.58. The molecule has 1 aliphatic heterocycles. The van der Waals surface area contributed by atoms with E-state index in [9.17, 15) is 14.0 Å². The van der Waals surface area contributed by atoms with Gasteiger partial charge in [-0.15, -0.1) is 0 Å². The van der Waals surface area contributed by atoms with Gasteiger partial charge in [-0.25, -0.2) is 9.18 Å². The molecule has 0 atom stereocenters. The van der Waals surface area contributed by atoms with Crippen LogP contribution in [0.3, 0.4) is 0 Å². The predicted molar refractivity (Wildman–Crippen MR) is 67.3 cm³/mol. The zero-order chi connectivity index (χ0) is 13.5. The minimum absolute atomic E-state index is 0.0481. The molecule has 2 rings (SSSR count). The van der Waals surface area contributed by atoms with Crippen molar-refractivity contribution in [2.45, 2.75) is 25.9 Å². The highest BCUT2D eigenvalue weighted by atomic mass is 79.9. The summed E-state index contributed by atoms with van der Waals surface area (Å²) in [6.45, 7) is 3.31. The molecule has 0 aromatic heterocycles. The maximum absolute atomic E-state index is 13.3. The van der Waals surface area contributed by atoms with Crippen molar-refractivity contribution in [1.29, 1.82) is 0 Å². The molecule has 0 unspecified atom stereocenters. The average molecular weight is 315 g/mol. The maximum atomic E-state index is 13.3. The largest absolute Gasteiger partial charge is 0.325 e. The summed E-state index contributed by atoms with van der Waals surface area (Å²) in [7, 11) is 0. The quantitative estimate of drug-likeness (QED) is 0.852. The Morgan fingerprint density at radius 2 is 2.06 bits per heavy atom. The van der Waals surface area contributed by atoms with Crippen molar-refractivity contribution in [1.82, 2.24) is 10.2 Å². The van der Waals surface area contributed by atoms with Gasteiger partial charge in [-0.05, 0) is 41.4 Å². The van der Waals surface area contributed by atoms with E-state index in [0.717, 1.165) is 4.90 Å². The number of amides is 3. The van der Waals surface area contributed by atoms with Crippen LogP contribution in [0.4, 0.5) is 9.18 Å². The van der Waals surface area contributed by atoms with Gasteiger partial charge >= 0.3 is 6.03 Å². The Morgan fingerprint density at radius 1 is 1.39 bits per heavy atom. The van der Waals surface area contributed by atoms with Crippen LogP contribution in [0, 0.1) is 5.82 Å². The minimum Gasteiger partial charge on any atom is -0.324 e. The van der Waals surface area contributed by atoms with Gasteiger partial charge < -0.3 is 5.32 Å². The Morgan fingerprint density at radius 3 is 2.61 bits per heavy atom. The first kappa shape index (κ1) is 13.0. The second-order valence-corrected chi connectivity index (χ2v) is 5.45. The lowest BCUT2D eigenvalue weighted by Crippen LogP contribution is -2.40. The summed E-state index contributed by atoms with van der Waals surface area (Å²) in [5.74, 6) is -0.734. The van der Waals surface area contributed by atoms with Crippen LogP contribution in [0.25, 0.3) is 0 Å². The van der Waals surface area contributed by atoms with E-state index in [-0.39, 0.29) is 16.9 Å². The third-order valence-electron chi connectivity index (χ3n) is 2.80. The standard InChI is InChI=1S/C12H12BrFN2O2/c1-12(2)10(17)16(11(18)15-12)6-7-4-3-5-8(14)9(7)13/h3-5H,6H2,1-2H3,(H,15,18). The van der Waals surface area contributed by atoms with E-state index in [1.807, 2.05) is 0 Å². The molecule has 1 aromatic carbocycles. The van der Waals surface area contributed by atoms with E-state index >= 15 is 0 Å². The number of halogens is 2. The topological polar surface area (TPSA) is 49.4 Å². The number of carbonyl (C=O) groups is 2. The first-order chi connectivity index (χ1) is 8.33. The Kier molecular flexibility index (Phi) is 3.14. The molecule has 96 valence electrons. The molecular formula is C12H12BrFN2O2. The van der Waals surface area contributed by atoms with E-state index in [1.165, 1.54) is 6.07 Å². The molecular weight excluding hydrogens is 303 g/mol. The smallest absolute Gasteiger partial charge is 0.324 e. The molecule has 1 aliphatic rings. The van der Waals surface area contributed by atoms with Crippen LogP contribution < -0.4 is 5.32 Å². The van der Waals surface area contributed by atoms with Crippen molar-refractivity contribution in [3.63, 3.8) is 0 Å². The van der Waals surface area contributed by atoms with Crippen LogP contribution in [0.15, 0.2) is 22.7 Å². The van der Waals surface area contributed by atoms with E-state index < -0.39 is 17.4 Å². The predicted octanol–water partition coefficient (Wildman–Crippen LogP) is 2.42. The molecule has 6 heteroatoms. The molecule has 0 spiro atoms. The van der Waals surface area contributed by atoms with Crippen molar-refractivity contribution in [3.05, 3.63) is 34.1 Å². The molecule has 0 saturated carbocycles. The van der Waals surface area contributed by atoms with Crippen molar-refractivity contribution in [3.8, 4) is 0 Å². The van der Waals surface area contributed by atoms with Gasteiger partial charge in [-0.3, -0.25) is 9.69 Å². The molecule has 0 radical (unpaired) electrons. The van der Waals surface area contributed by atoms with Crippen LogP contribution >= 0.6 is 15.9 Å². The average Bonchev–Trinajstić information content (AvgIpc) is 2.47. The van der Waals surface area contributed by atoms with Gasteiger partial charge in [0.1, 0.15) is 11.4 Å². The summed E-state index contributed by atoms with van der Waals surface area (Å²) in [6, 6.07) is 4.06. The molecule has 1 fully saturated rings. The molecule has 0 bridgehead atoms. The zero-order valence-electron chi connectivity index (χ0n) is 9.96. The molecule has 1 N–H and O–H groups in total.